The standard InChI is InChI=1S/C15H21ClN2O2/c1-2-17-14-6-4-3-5-11(14)9-12-7-8-13(16)10-15(12)18(19)20/h7-8,10-11,14,17H,2-6,9H2,1H3. The fourth-order valence-corrected chi connectivity index (χ4v) is 3.31. The van der Waals surface area contributed by atoms with Crippen molar-refractivity contribution in [2.45, 2.75) is 45.1 Å². The third-order valence-electron chi connectivity index (χ3n) is 4.10. The molecule has 1 aliphatic carbocycles. The Bertz CT molecular complexity index is 477. The quantitative estimate of drug-likeness (QED) is 0.661. The first-order valence-corrected chi connectivity index (χ1v) is 7.65. The second-order valence-electron chi connectivity index (χ2n) is 5.44. The molecule has 1 N–H and O–H groups in total. The van der Waals surface area contributed by atoms with Gasteiger partial charge in [-0.25, -0.2) is 0 Å². The van der Waals surface area contributed by atoms with Crippen molar-refractivity contribution in [3.8, 4) is 0 Å². The molecule has 0 radical (unpaired) electrons. The van der Waals surface area contributed by atoms with Gasteiger partial charge in [-0.1, -0.05) is 37.4 Å². The van der Waals surface area contributed by atoms with Gasteiger partial charge in [-0.15, -0.1) is 0 Å². The van der Waals surface area contributed by atoms with Crippen molar-refractivity contribution in [3.05, 3.63) is 38.9 Å². The van der Waals surface area contributed by atoms with Gasteiger partial charge in [-0.05, 0) is 37.8 Å². The molecule has 2 rings (SSSR count). The highest BCUT2D eigenvalue weighted by molar-refractivity contribution is 6.30. The first-order chi connectivity index (χ1) is 9.61. The van der Waals surface area contributed by atoms with E-state index in [-0.39, 0.29) is 10.6 Å². The summed E-state index contributed by atoms with van der Waals surface area (Å²) in [5.74, 6) is 0.476. The monoisotopic (exact) mass is 296 g/mol. The molecule has 1 aliphatic rings. The van der Waals surface area contributed by atoms with E-state index in [0.29, 0.717) is 17.0 Å². The van der Waals surface area contributed by atoms with Gasteiger partial charge in [0.1, 0.15) is 0 Å². The van der Waals surface area contributed by atoms with Crippen LogP contribution in [0.4, 0.5) is 5.69 Å². The van der Waals surface area contributed by atoms with Crippen LogP contribution in [0, 0.1) is 16.0 Å². The largest absolute Gasteiger partial charge is 0.314 e. The molecule has 0 spiro atoms. The number of halogens is 1. The van der Waals surface area contributed by atoms with Crippen LogP contribution in [0.3, 0.4) is 0 Å². The fourth-order valence-electron chi connectivity index (χ4n) is 3.14. The number of rotatable bonds is 5. The summed E-state index contributed by atoms with van der Waals surface area (Å²) in [6, 6.07) is 5.48. The van der Waals surface area contributed by atoms with Crippen LogP contribution in [-0.2, 0) is 6.42 Å². The number of nitro groups is 1. The number of benzene rings is 1. The van der Waals surface area contributed by atoms with Crippen LogP contribution < -0.4 is 5.32 Å². The van der Waals surface area contributed by atoms with E-state index in [0.717, 1.165) is 24.9 Å². The summed E-state index contributed by atoms with van der Waals surface area (Å²) in [7, 11) is 0. The van der Waals surface area contributed by atoms with Crippen molar-refractivity contribution in [2.24, 2.45) is 5.92 Å². The smallest absolute Gasteiger partial charge is 0.274 e. The van der Waals surface area contributed by atoms with Gasteiger partial charge < -0.3 is 5.32 Å². The molecule has 2 atom stereocenters. The zero-order chi connectivity index (χ0) is 14.5. The average molecular weight is 297 g/mol. The first-order valence-electron chi connectivity index (χ1n) is 7.28. The van der Waals surface area contributed by atoms with Gasteiger partial charge in [0.25, 0.3) is 5.69 Å². The molecule has 1 aromatic carbocycles. The maximum absolute atomic E-state index is 11.2. The van der Waals surface area contributed by atoms with Crippen molar-refractivity contribution in [2.75, 3.05) is 6.54 Å². The Morgan fingerprint density at radius 2 is 2.15 bits per heavy atom. The number of nitro benzene ring substituents is 1. The minimum absolute atomic E-state index is 0.151. The van der Waals surface area contributed by atoms with Crippen LogP contribution in [0.15, 0.2) is 18.2 Å². The molecule has 0 saturated heterocycles. The van der Waals surface area contributed by atoms with Crippen molar-refractivity contribution in [1.29, 1.82) is 0 Å². The van der Waals surface area contributed by atoms with Gasteiger partial charge in [0, 0.05) is 22.7 Å². The number of nitrogens with zero attached hydrogens (tertiary/aromatic N) is 1. The lowest BCUT2D eigenvalue weighted by Gasteiger charge is -2.32. The molecule has 5 heteroatoms. The van der Waals surface area contributed by atoms with Crippen molar-refractivity contribution >= 4 is 17.3 Å². The van der Waals surface area contributed by atoms with Crippen LogP contribution in [0.1, 0.15) is 38.2 Å². The van der Waals surface area contributed by atoms with E-state index in [2.05, 4.69) is 12.2 Å². The molecule has 2 unspecified atom stereocenters. The minimum atomic E-state index is -0.327. The predicted molar refractivity (Wildman–Crippen MR) is 81.2 cm³/mol. The second-order valence-corrected chi connectivity index (χ2v) is 5.88. The highest BCUT2D eigenvalue weighted by atomic mass is 35.5. The Hall–Kier alpha value is -1.13. The topological polar surface area (TPSA) is 55.2 Å². The molecule has 0 bridgehead atoms. The number of hydrogen-bond acceptors (Lipinski definition) is 3. The third-order valence-corrected chi connectivity index (χ3v) is 4.34. The van der Waals surface area contributed by atoms with Crippen LogP contribution in [0.25, 0.3) is 0 Å². The summed E-state index contributed by atoms with van der Waals surface area (Å²) in [6.45, 7) is 3.06. The Kier molecular flexibility index (Phi) is 5.38. The highest BCUT2D eigenvalue weighted by Crippen LogP contribution is 2.31. The van der Waals surface area contributed by atoms with Crippen LogP contribution in [0.2, 0.25) is 5.02 Å². The summed E-state index contributed by atoms with van der Waals surface area (Å²) in [5, 5.41) is 15.1. The molecule has 1 aromatic rings. The highest BCUT2D eigenvalue weighted by Gasteiger charge is 2.27. The molecular weight excluding hydrogens is 276 g/mol. The Balaban J connectivity index is 2.17. The van der Waals surface area contributed by atoms with Crippen molar-refractivity contribution < 1.29 is 4.92 Å². The lowest BCUT2D eigenvalue weighted by Crippen LogP contribution is -2.39. The van der Waals surface area contributed by atoms with Crippen LogP contribution >= 0.6 is 11.6 Å². The number of nitrogens with one attached hydrogen (secondary N) is 1. The zero-order valence-corrected chi connectivity index (χ0v) is 12.5. The fraction of sp³-hybridized carbons (Fsp3) is 0.600. The molecule has 1 saturated carbocycles. The summed E-state index contributed by atoms with van der Waals surface area (Å²) in [4.78, 5) is 10.8. The summed E-state index contributed by atoms with van der Waals surface area (Å²) < 4.78 is 0. The molecular formula is C15H21ClN2O2. The lowest BCUT2D eigenvalue weighted by molar-refractivity contribution is -0.385. The molecule has 0 heterocycles. The zero-order valence-electron chi connectivity index (χ0n) is 11.8. The lowest BCUT2D eigenvalue weighted by atomic mass is 9.80. The maximum atomic E-state index is 11.2. The summed E-state index contributed by atoms with van der Waals surface area (Å²) in [6.07, 6.45) is 5.52. The van der Waals surface area contributed by atoms with E-state index >= 15 is 0 Å². The van der Waals surface area contributed by atoms with Crippen LogP contribution in [0.5, 0.6) is 0 Å². The van der Waals surface area contributed by atoms with E-state index in [1.807, 2.05) is 0 Å². The average Bonchev–Trinajstić information content (AvgIpc) is 2.43. The first kappa shape index (κ1) is 15.3. The van der Waals surface area contributed by atoms with Gasteiger partial charge in [0.05, 0.1) is 4.92 Å². The molecule has 1 fully saturated rings. The van der Waals surface area contributed by atoms with E-state index in [9.17, 15) is 10.1 Å². The van der Waals surface area contributed by atoms with Gasteiger partial charge in [0.15, 0.2) is 0 Å². The summed E-state index contributed by atoms with van der Waals surface area (Å²) in [5.41, 5.74) is 0.951. The normalized spacial score (nSPS) is 22.7. The molecule has 20 heavy (non-hydrogen) atoms. The van der Waals surface area contributed by atoms with E-state index in [1.54, 1.807) is 12.1 Å². The molecule has 0 aromatic heterocycles. The molecule has 0 aliphatic heterocycles. The SMILES string of the molecule is CCNC1CCCCC1Cc1ccc(Cl)cc1[N+](=O)[O-]. The second kappa shape index (κ2) is 7.04. The van der Waals surface area contributed by atoms with E-state index < -0.39 is 0 Å². The van der Waals surface area contributed by atoms with Gasteiger partial charge in [-0.2, -0.15) is 0 Å². The summed E-state index contributed by atoms with van der Waals surface area (Å²) >= 11 is 5.87. The molecule has 0 amide bonds. The van der Waals surface area contributed by atoms with Gasteiger partial charge in [-0.3, -0.25) is 10.1 Å². The van der Waals surface area contributed by atoms with Crippen molar-refractivity contribution in [1.82, 2.24) is 5.32 Å². The predicted octanol–water partition coefficient (Wildman–Crippen LogP) is 3.96. The van der Waals surface area contributed by atoms with E-state index in [4.69, 9.17) is 11.6 Å². The van der Waals surface area contributed by atoms with Crippen LogP contribution in [-0.4, -0.2) is 17.5 Å². The van der Waals surface area contributed by atoms with Gasteiger partial charge >= 0.3 is 0 Å². The maximum Gasteiger partial charge on any atom is 0.274 e. The minimum Gasteiger partial charge on any atom is -0.314 e. The Morgan fingerprint density at radius 1 is 1.40 bits per heavy atom. The van der Waals surface area contributed by atoms with Crippen molar-refractivity contribution in [3.63, 3.8) is 0 Å². The third kappa shape index (κ3) is 3.70. The molecule has 4 nitrogen and oxygen atoms in total. The Morgan fingerprint density at radius 3 is 2.85 bits per heavy atom. The van der Waals surface area contributed by atoms with E-state index in [1.165, 1.54) is 25.3 Å². The molecule has 110 valence electrons. The van der Waals surface area contributed by atoms with Gasteiger partial charge in [0.2, 0.25) is 0 Å². The Labute approximate surface area is 124 Å². The number of hydrogen-bond donors (Lipinski definition) is 1.